The van der Waals surface area contributed by atoms with Crippen molar-refractivity contribution in [2.24, 2.45) is 17.8 Å². The Morgan fingerprint density at radius 1 is 1.29 bits per heavy atom. The fourth-order valence-electron chi connectivity index (χ4n) is 4.30. The second kappa shape index (κ2) is 5.50. The SMILES string of the molecule is O=C(C[C@H]1C[C@H]2CC[C@@H]1C2)Nc1ccc2nc(C(F)(F)F)[nH]c2c1. The molecule has 2 N–H and O–H groups in total. The van der Waals surface area contributed by atoms with Crippen molar-refractivity contribution >= 4 is 22.6 Å². The van der Waals surface area contributed by atoms with Crippen LogP contribution in [0.4, 0.5) is 18.9 Å². The lowest BCUT2D eigenvalue weighted by molar-refractivity contribution is -0.144. The molecule has 1 aromatic heterocycles. The number of hydrogen-bond acceptors (Lipinski definition) is 2. The van der Waals surface area contributed by atoms with Gasteiger partial charge in [-0.25, -0.2) is 4.98 Å². The molecule has 2 saturated carbocycles. The van der Waals surface area contributed by atoms with Crippen LogP contribution in [-0.4, -0.2) is 15.9 Å². The molecule has 0 radical (unpaired) electrons. The van der Waals surface area contributed by atoms with E-state index < -0.39 is 12.0 Å². The van der Waals surface area contributed by atoms with Crippen molar-refractivity contribution in [3.63, 3.8) is 0 Å². The number of H-pyrrole nitrogens is 1. The van der Waals surface area contributed by atoms with Crippen LogP contribution in [0.15, 0.2) is 18.2 Å². The monoisotopic (exact) mass is 337 g/mol. The molecule has 7 heteroatoms. The number of aromatic amines is 1. The number of fused-ring (bicyclic) bond motifs is 3. The number of halogens is 3. The summed E-state index contributed by atoms with van der Waals surface area (Å²) in [6.45, 7) is 0. The van der Waals surface area contributed by atoms with E-state index in [1.54, 1.807) is 6.07 Å². The summed E-state index contributed by atoms with van der Waals surface area (Å²) in [4.78, 5) is 18.0. The maximum Gasteiger partial charge on any atom is 0.449 e. The van der Waals surface area contributed by atoms with E-state index in [1.807, 2.05) is 0 Å². The Balaban J connectivity index is 1.45. The van der Waals surface area contributed by atoms with E-state index in [2.05, 4.69) is 15.3 Å². The molecular weight excluding hydrogens is 319 g/mol. The van der Waals surface area contributed by atoms with Crippen LogP contribution >= 0.6 is 0 Å². The van der Waals surface area contributed by atoms with Crippen LogP contribution in [0.2, 0.25) is 0 Å². The number of rotatable bonds is 3. The highest BCUT2D eigenvalue weighted by Gasteiger charge is 2.40. The first-order valence-electron chi connectivity index (χ1n) is 8.25. The Labute approximate surface area is 136 Å². The molecule has 4 nitrogen and oxygen atoms in total. The molecule has 2 aromatic rings. The number of imidazole rings is 1. The Bertz CT molecular complexity index is 783. The zero-order valence-corrected chi connectivity index (χ0v) is 13.0. The molecule has 0 saturated heterocycles. The molecule has 2 aliphatic carbocycles. The van der Waals surface area contributed by atoms with Gasteiger partial charge in [-0.15, -0.1) is 0 Å². The molecular formula is C17H18F3N3O. The van der Waals surface area contributed by atoms with Gasteiger partial charge in [0.25, 0.3) is 0 Å². The van der Waals surface area contributed by atoms with Gasteiger partial charge in [0.15, 0.2) is 0 Å². The number of benzene rings is 1. The predicted molar refractivity (Wildman–Crippen MR) is 83.3 cm³/mol. The quantitative estimate of drug-likeness (QED) is 0.875. The summed E-state index contributed by atoms with van der Waals surface area (Å²) in [7, 11) is 0. The molecule has 4 rings (SSSR count). The van der Waals surface area contributed by atoms with E-state index in [0.717, 1.165) is 12.3 Å². The first-order chi connectivity index (χ1) is 11.4. The molecule has 0 spiro atoms. The Morgan fingerprint density at radius 3 is 2.79 bits per heavy atom. The van der Waals surface area contributed by atoms with Gasteiger partial charge < -0.3 is 10.3 Å². The molecule has 1 amide bonds. The van der Waals surface area contributed by atoms with Gasteiger partial charge in [0.1, 0.15) is 0 Å². The normalized spacial score (nSPS) is 26.2. The number of nitrogens with zero attached hydrogens (tertiary/aromatic N) is 1. The molecule has 2 bridgehead atoms. The average Bonchev–Trinajstić information content (AvgIpc) is 3.19. The van der Waals surface area contributed by atoms with Crippen LogP contribution in [-0.2, 0) is 11.0 Å². The summed E-state index contributed by atoms with van der Waals surface area (Å²) in [6, 6.07) is 4.56. The minimum absolute atomic E-state index is 0.0672. The number of hydrogen-bond donors (Lipinski definition) is 2. The average molecular weight is 337 g/mol. The van der Waals surface area contributed by atoms with E-state index >= 15 is 0 Å². The highest BCUT2D eigenvalue weighted by atomic mass is 19.4. The van der Waals surface area contributed by atoms with Gasteiger partial charge in [-0.05, 0) is 55.2 Å². The van der Waals surface area contributed by atoms with Gasteiger partial charge in [0.2, 0.25) is 11.7 Å². The van der Waals surface area contributed by atoms with Gasteiger partial charge in [0.05, 0.1) is 11.0 Å². The topological polar surface area (TPSA) is 57.8 Å². The molecule has 24 heavy (non-hydrogen) atoms. The van der Waals surface area contributed by atoms with Gasteiger partial charge in [-0.2, -0.15) is 13.2 Å². The molecule has 2 fully saturated rings. The van der Waals surface area contributed by atoms with Crippen molar-refractivity contribution in [1.29, 1.82) is 0 Å². The lowest BCUT2D eigenvalue weighted by atomic mass is 9.86. The van der Waals surface area contributed by atoms with Crippen LogP contribution in [0, 0.1) is 17.8 Å². The van der Waals surface area contributed by atoms with Gasteiger partial charge >= 0.3 is 6.18 Å². The summed E-state index contributed by atoms with van der Waals surface area (Å²) in [6.07, 6.45) is 0.884. The molecule has 3 atom stereocenters. The summed E-state index contributed by atoms with van der Waals surface area (Å²) < 4.78 is 38.0. The molecule has 1 heterocycles. The fraction of sp³-hybridized carbons (Fsp3) is 0.529. The third kappa shape index (κ3) is 2.87. The zero-order valence-electron chi connectivity index (χ0n) is 13.0. The third-order valence-corrected chi connectivity index (χ3v) is 5.37. The molecule has 1 aromatic carbocycles. The molecule has 0 aliphatic heterocycles. The number of amides is 1. The maximum absolute atomic E-state index is 12.7. The largest absolute Gasteiger partial charge is 0.449 e. The van der Waals surface area contributed by atoms with Crippen molar-refractivity contribution in [1.82, 2.24) is 9.97 Å². The summed E-state index contributed by atoms with van der Waals surface area (Å²) in [5.74, 6) is 0.821. The van der Waals surface area contributed by atoms with Crippen molar-refractivity contribution < 1.29 is 18.0 Å². The van der Waals surface area contributed by atoms with Crippen LogP contribution < -0.4 is 5.32 Å². The Hall–Kier alpha value is -2.05. The van der Waals surface area contributed by atoms with Crippen molar-refractivity contribution in [3.8, 4) is 0 Å². The minimum atomic E-state index is -4.51. The standard InChI is InChI=1S/C17H18F3N3O/c18-17(19,20)16-22-13-4-3-12(8-14(13)23-16)21-15(24)7-11-6-9-1-2-10(11)5-9/h3-4,8-11H,1-2,5-7H2,(H,21,24)(H,22,23)/t9-,10+,11+/m0/s1. The number of carbonyl (C=O) groups is 1. The van der Waals surface area contributed by atoms with E-state index in [-0.39, 0.29) is 16.9 Å². The van der Waals surface area contributed by atoms with E-state index in [1.165, 1.54) is 31.4 Å². The second-order valence-electron chi connectivity index (χ2n) is 7.00. The van der Waals surface area contributed by atoms with Crippen LogP contribution in [0.5, 0.6) is 0 Å². The van der Waals surface area contributed by atoms with Crippen molar-refractivity contribution in [3.05, 3.63) is 24.0 Å². The van der Waals surface area contributed by atoms with Gasteiger partial charge in [-0.3, -0.25) is 4.79 Å². The first kappa shape index (κ1) is 15.5. The van der Waals surface area contributed by atoms with Gasteiger partial charge in [0, 0.05) is 12.1 Å². The molecule has 2 aliphatic rings. The van der Waals surface area contributed by atoms with E-state index in [4.69, 9.17) is 0 Å². The number of aromatic nitrogens is 2. The Kier molecular flexibility index (Phi) is 3.54. The first-order valence-corrected chi connectivity index (χ1v) is 8.25. The second-order valence-corrected chi connectivity index (χ2v) is 7.00. The predicted octanol–water partition coefficient (Wildman–Crippen LogP) is 4.35. The van der Waals surface area contributed by atoms with Crippen LogP contribution in [0.3, 0.4) is 0 Å². The molecule has 0 unspecified atom stereocenters. The summed E-state index contributed by atoms with van der Waals surface area (Å²) in [5.41, 5.74) is 0.988. The molecule has 128 valence electrons. The summed E-state index contributed by atoms with van der Waals surface area (Å²) in [5, 5.41) is 2.80. The zero-order chi connectivity index (χ0) is 16.9. The summed E-state index contributed by atoms with van der Waals surface area (Å²) >= 11 is 0. The van der Waals surface area contributed by atoms with Crippen LogP contribution in [0.1, 0.15) is 37.9 Å². The third-order valence-electron chi connectivity index (χ3n) is 5.37. The maximum atomic E-state index is 12.7. The van der Waals surface area contributed by atoms with Crippen LogP contribution in [0.25, 0.3) is 11.0 Å². The van der Waals surface area contributed by atoms with E-state index in [0.29, 0.717) is 23.9 Å². The number of alkyl halides is 3. The smallest absolute Gasteiger partial charge is 0.334 e. The number of anilines is 1. The Morgan fingerprint density at radius 2 is 2.12 bits per heavy atom. The lowest BCUT2D eigenvalue weighted by Gasteiger charge is -2.20. The number of nitrogens with one attached hydrogen (secondary N) is 2. The van der Waals surface area contributed by atoms with Gasteiger partial charge in [-0.1, -0.05) is 6.42 Å². The lowest BCUT2D eigenvalue weighted by Crippen LogP contribution is -2.20. The fourth-order valence-corrected chi connectivity index (χ4v) is 4.30. The minimum Gasteiger partial charge on any atom is -0.334 e. The highest BCUT2D eigenvalue weighted by molar-refractivity contribution is 5.93. The highest BCUT2D eigenvalue weighted by Crippen LogP contribution is 2.49. The van der Waals surface area contributed by atoms with E-state index in [9.17, 15) is 18.0 Å². The van der Waals surface area contributed by atoms with Crippen molar-refractivity contribution in [2.45, 2.75) is 38.3 Å². The number of carbonyl (C=O) groups excluding carboxylic acids is 1. The van der Waals surface area contributed by atoms with Crippen molar-refractivity contribution in [2.75, 3.05) is 5.32 Å².